The highest BCUT2D eigenvalue weighted by atomic mass is 35.5. The fourth-order valence-corrected chi connectivity index (χ4v) is 1.17. The summed E-state index contributed by atoms with van der Waals surface area (Å²) < 4.78 is 0. The van der Waals surface area contributed by atoms with E-state index in [9.17, 15) is 4.79 Å². The minimum absolute atomic E-state index is 0.363. The number of ketones is 1. The van der Waals surface area contributed by atoms with Gasteiger partial charge in [-0.25, -0.2) is 0 Å². The topological polar surface area (TPSA) is 17.1 Å². The molecular formula is C10H17ClO. The molecule has 0 aliphatic rings. The Bertz CT molecular complexity index is 132. The van der Waals surface area contributed by atoms with Crippen LogP contribution in [0.4, 0.5) is 0 Å². The molecule has 0 aliphatic carbocycles. The first-order valence-corrected chi connectivity index (χ1v) is 5.03. The second-order valence-corrected chi connectivity index (χ2v) is 3.24. The summed E-state index contributed by atoms with van der Waals surface area (Å²) in [4.78, 5) is 11.1. The third-order valence-corrected chi connectivity index (χ3v) is 1.97. The number of halogens is 1. The Hall–Kier alpha value is -0.300. The van der Waals surface area contributed by atoms with Gasteiger partial charge in [0.2, 0.25) is 0 Å². The van der Waals surface area contributed by atoms with E-state index in [4.69, 9.17) is 11.6 Å². The van der Waals surface area contributed by atoms with Crippen LogP contribution in [0.1, 0.15) is 38.5 Å². The fourth-order valence-electron chi connectivity index (χ4n) is 0.985. The van der Waals surface area contributed by atoms with E-state index in [1.54, 1.807) is 0 Å². The van der Waals surface area contributed by atoms with Gasteiger partial charge in [-0.05, 0) is 25.7 Å². The van der Waals surface area contributed by atoms with Crippen molar-refractivity contribution in [3.8, 4) is 0 Å². The fraction of sp³-hybridized carbons (Fsp3) is 0.700. The van der Waals surface area contributed by atoms with Gasteiger partial charge in [0.15, 0.2) is 0 Å². The Morgan fingerprint density at radius 3 is 2.50 bits per heavy atom. The molecule has 2 heteroatoms. The number of alkyl halides is 1. The van der Waals surface area contributed by atoms with E-state index in [0.29, 0.717) is 24.5 Å². The monoisotopic (exact) mass is 188 g/mol. The van der Waals surface area contributed by atoms with Gasteiger partial charge in [-0.3, -0.25) is 4.79 Å². The van der Waals surface area contributed by atoms with E-state index in [1.165, 1.54) is 0 Å². The standard InChI is InChI=1S/C10H17ClO/c1-2-3-4-7-10(12)8-5-6-9-11/h2H,1,3-9H2. The molecule has 0 spiro atoms. The van der Waals surface area contributed by atoms with E-state index in [-0.39, 0.29) is 0 Å². The number of unbranched alkanes of at least 4 members (excludes halogenated alkanes) is 2. The zero-order chi connectivity index (χ0) is 9.23. The number of hydrogen-bond donors (Lipinski definition) is 0. The minimum atomic E-state index is 0.363. The quantitative estimate of drug-likeness (QED) is 0.325. The first kappa shape index (κ1) is 11.7. The number of rotatable bonds is 8. The SMILES string of the molecule is C=CCCCC(=O)CCCCCl. The summed E-state index contributed by atoms with van der Waals surface area (Å²) in [7, 11) is 0. The maximum Gasteiger partial charge on any atom is 0.132 e. The van der Waals surface area contributed by atoms with Crippen molar-refractivity contribution in [2.45, 2.75) is 38.5 Å². The van der Waals surface area contributed by atoms with Crippen LogP contribution in [0, 0.1) is 0 Å². The number of Topliss-reactive ketones (excluding diaryl/α,β-unsaturated/α-hetero) is 1. The molecule has 0 heterocycles. The molecule has 0 fully saturated rings. The molecule has 70 valence electrons. The van der Waals surface area contributed by atoms with Crippen LogP contribution in [0.2, 0.25) is 0 Å². The van der Waals surface area contributed by atoms with Gasteiger partial charge in [-0.15, -0.1) is 18.2 Å². The van der Waals surface area contributed by atoms with Gasteiger partial charge in [0.25, 0.3) is 0 Å². The van der Waals surface area contributed by atoms with Crippen LogP contribution in [0.15, 0.2) is 12.7 Å². The summed E-state index contributed by atoms with van der Waals surface area (Å²) in [6.07, 6.45) is 7.04. The van der Waals surface area contributed by atoms with E-state index in [2.05, 4.69) is 6.58 Å². The summed E-state index contributed by atoms with van der Waals surface area (Å²) in [6.45, 7) is 3.60. The van der Waals surface area contributed by atoms with Crippen LogP contribution >= 0.6 is 11.6 Å². The van der Waals surface area contributed by atoms with Crippen LogP contribution in [0.5, 0.6) is 0 Å². The highest BCUT2D eigenvalue weighted by molar-refractivity contribution is 6.17. The van der Waals surface area contributed by atoms with Crippen molar-refractivity contribution in [1.82, 2.24) is 0 Å². The third kappa shape index (κ3) is 7.80. The molecule has 0 bridgehead atoms. The molecule has 0 radical (unpaired) electrons. The molecule has 0 aliphatic heterocycles. The second-order valence-electron chi connectivity index (χ2n) is 2.87. The predicted molar refractivity (Wildman–Crippen MR) is 53.6 cm³/mol. The van der Waals surface area contributed by atoms with Gasteiger partial charge in [0.05, 0.1) is 0 Å². The van der Waals surface area contributed by atoms with Crippen molar-refractivity contribution >= 4 is 17.4 Å². The molecule has 0 saturated carbocycles. The van der Waals surface area contributed by atoms with E-state index in [0.717, 1.165) is 25.7 Å². The average molecular weight is 189 g/mol. The molecule has 0 atom stereocenters. The van der Waals surface area contributed by atoms with E-state index in [1.807, 2.05) is 6.08 Å². The van der Waals surface area contributed by atoms with Crippen LogP contribution in [-0.4, -0.2) is 11.7 Å². The lowest BCUT2D eigenvalue weighted by Crippen LogP contribution is -1.97. The van der Waals surface area contributed by atoms with Gasteiger partial charge in [0.1, 0.15) is 5.78 Å². The number of hydrogen-bond acceptors (Lipinski definition) is 1. The zero-order valence-corrected chi connectivity index (χ0v) is 8.28. The summed E-state index contributed by atoms with van der Waals surface area (Å²) >= 11 is 5.49. The predicted octanol–water partition coefficient (Wildman–Crippen LogP) is 3.32. The number of allylic oxidation sites excluding steroid dienone is 1. The first-order chi connectivity index (χ1) is 5.81. The highest BCUT2D eigenvalue weighted by Gasteiger charge is 1.99. The maximum absolute atomic E-state index is 11.1. The van der Waals surface area contributed by atoms with Gasteiger partial charge in [-0.2, -0.15) is 0 Å². The molecule has 0 aromatic carbocycles. The lowest BCUT2D eigenvalue weighted by Gasteiger charge is -1.97. The van der Waals surface area contributed by atoms with Gasteiger partial charge >= 0.3 is 0 Å². The molecule has 0 N–H and O–H groups in total. The van der Waals surface area contributed by atoms with Gasteiger partial charge < -0.3 is 0 Å². The zero-order valence-electron chi connectivity index (χ0n) is 7.52. The maximum atomic E-state index is 11.1. The first-order valence-electron chi connectivity index (χ1n) is 4.49. The molecule has 12 heavy (non-hydrogen) atoms. The third-order valence-electron chi connectivity index (χ3n) is 1.70. The second kappa shape index (κ2) is 8.79. The Morgan fingerprint density at radius 1 is 1.25 bits per heavy atom. The minimum Gasteiger partial charge on any atom is -0.300 e. The van der Waals surface area contributed by atoms with E-state index >= 15 is 0 Å². The van der Waals surface area contributed by atoms with Crippen LogP contribution < -0.4 is 0 Å². The van der Waals surface area contributed by atoms with Crippen molar-refractivity contribution < 1.29 is 4.79 Å². The molecule has 0 unspecified atom stereocenters. The summed E-state index contributed by atoms with van der Waals surface area (Å²) in [6, 6.07) is 0. The Labute approximate surface area is 79.8 Å². The Balaban J connectivity index is 3.15. The van der Waals surface area contributed by atoms with Crippen molar-refractivity contribution in [3.05, 3.63) is 12.7 Å². The summed E-state index contributed by atoms with van der Waals surface area (Å²) in [5, 5.41) is 0. The Kier molecular flexibility index (Phi) is 8.57. The smallest absolute Gasteiger partial charge is 0.132 e. The van der Waals surface area contributed by atoms with Crippen LogP contribution in [-0.2, 0) is 4.79 Å². The molecular weight excluding hydrogens is 172 g/mol. The lowest BCUT2D eigenvalue weighted by atomic mass is 10.1. The van der Waals surface area contributed by atoms with Crippen LogP contribution in [0.25, 0.3) is 0 Å². The molecule has 0 aromatic rings. The largest absolute Gasteiger partial charge is 0.300 e. The van der Waals surface area contributed by atoms with Crippen molar-refractivity contribution in [3.63, 3.8) is 0 Å². The van der Waals surface area contributed by atoms with E-state index < -0.39 is 0 Å². The normalized spacial score (nSPS) is 9.75. The van der Waals surface area contributed by atoms with Crippen molar-refractivity contribution in [2.75, 3.05) is 5.88 Å². The molecule has 0 rings (SSSR count). The summed E-state index contributed by atoms with van der Waals surface area (Å²) in [5.74, 6) is 1.03. The average Bonchev–Trinajstić information content (AvgIpc) is 2.06. The highest BCUT2D eigenvalue weighted by Crippen LogP contribution is 2.04. The van der Waals surface area contributed by atoms with Crippen LogP contribution in [0.3, 0.4) is 0 Å². The molecule has 1 nitrogen and oxygen atoms in total. The number of carbonyl (C=O) groups is 1. The molecule has 0 aromatic heterocycles. The summed E-state index contributed by atoms with van der Waals surface area (Å²) in [5.41, 5.74) is 0. The number of carbonyl (C=O) groups excluding carboxylic acids is 1. The van der Waals surface area contributed by atoms with Crippen molar-refractivity contribution in [2.24, 2.45) is 0 Å². The molecule has 0 saturated heterocycles. The Morgan fingerprint density at radius 2 is 1.92 bits per heavy atom. The van der Waals surface area contributed by atoms with Gasteiger partial charge in [-0.1, -0.05) is 6.08 Å². The van der Waals surface area contributed by atoms with Crippen molar-refractivity contribution in [1.29, 1.82) is 0 Å². The van der Waals surface area contributed by atoms with Gasteiger partial charge in [0, 0.05) is 18.7 Å². The molecule has 0 amide bonds. The lowest BCUT2D eigenvalue weighted by molar-refractivity contribution is -0.119.